The molecule has 0 aliphatic carbocycles. The zero-order valence-corrected chi connectivity index (χ0v) is 11.9. The molecule has 0 fully saturated rings. The Labute approximate surface area is 127 Å². The SMILES string of the molecule is O=C1NC(=O)c2cccc3cccc1c23.O=S(=O)(O)C(F)(F)F. The predicted octanol–water partition coefficient (Wildman–Crippen LogP) is 2.12. The molecular formula is C13H8F3NO5S. The molecule has 2 aromatic rings. The van der Waals surface area contributed by atoms with Gasteiger partial charge in [0.2, 0.25) is 0 Å². The van der Waals surface area contributed by atoms with Crippen molar-refractivity contribution < 1.29 is 35.7 Å². The third kappa shape index (κ3) is 3.32. The summed E-state index contributed by atoms with van der Waals surface area (Å²) >= 11 is 0. The van der Waals surface area contributed by atoms with Crippen molar-refractivity contribution in [2.24, 2.45) is 0 Å². The summed E-state index contributed by atoms with van der Waals surface area (Å²) in [7, 11) is -5.84. The topological polar surface area (TPSA) is 101 Å². The maximum Gasteiger partial charge on any atom is 0.522 e. The Morgan fingerprint density at radius 3 is 1.65 bits per heavy atom. The van der Waals surface area contributed by atoms with Gasteiger partial charge in [0.05, 0.1) is 0 Å². The summed E-state index contributed by atoms with van der Waals surface area (Å²) < 4.78 is 57.5. The smallest absolute Gasteiger partial charge is 0.288 e. The maximum absolute atomic E-state index is 11.6. The number of rotatable bonds is 0. The number of carbonyl (C=O) groups is 2. The van der Waals surface area contributed by atoms with Crippen molar-refractivity contribution in [1.29, 1.82) is 0 Å². The minimum Gasteiger partial charge on any atom is -0.288 e. The Kier molecular flexibility index (Phi) is 4.14. The van der Waals surface area contributed by atoms with Crippen LogP contribution in [0.15, 0.2) is 36.4 Å². The standard InChI is InChI=1S/C12H7NO2.CHF3O3S/c14-11-8-5-1-3-7-4-2-6-9(10(7)8)12(15)13-11;2-1(3,4)8(5,6)7/h1-6H,(H,13,14,15);(H,5,6,7). The van der Waals surface area contributed by atoms with Crippen molar-refractivity contribution in [2.75, 3.05) is 0 Å². The summed E-state index contributed by atoms with van der Waals surface area (Å²) in [6, 6.07) is 10.9. The summed E-state index contributed by atoms with van der Waals surface area (Å²) in [6.07, 6.45) is 0. The molecule has 23 heavy (non-hydrogen) atoms. The highest BCUT2D eigenvalue weighted by atomic mass is 32.2. The first-order chi connectivity index (χ1) is 10.5. The molecule has 10 heteroatoms. The Hall–Kier alpha value is -2.46. The molecule has 1 aliphatic heterocycles. The van der Waals surface area contributed by atoms with Crippen LogP contribution in [0.5, 0.6) is 0 Å². The second-order valence-electron chi connectivity index (χ2n) is 4.41. The quantitative estimate of drug-likeness (QED) is 0.432. The first-order valence-electron chi connectivity index (χ1n) is 5.93. The zero-order chi connectivity index (χ0) is 17.4. The number of hydrogen-bond acceptors (Lipinski definition) is 4. The number of hydrogen-bond donors (Lipinski definition) is 2. The Morgan fingerprint density at radius 2 is 1.30 bits per heavy atom. The van der Waals surface area contributed by atoms with E-state index in [0.29, 0.717) is 11.1 Å². The fraction of sp³-hybridized carbons (Fsp3) is 0.0769. The first-order valence-corrected chi connectivity index (χ1v) is 7.37. The number of halogens is 3. The normalized spacial score (nSPS) is 14.1. The number of nitrogens with one attached hydrogen (secondary N) is 1. The van der Waals surface area contributed by atoms with Crippen LogP contribution in [0.1, 0.15) is 20.7 Å². The molecule has 122 valence electrons. The van der Waals surface area contributed by atoms with Gasteiger partial charge in [-0.2, -0.15) is 21.6 Å². The summed E-state index contributed by atoms with van der Waals surface area (Å²) in [5.41, 5.74) is -4.39. The zero-order valence-electron chi connectivity index (χ0n) is 11.1. The van der Waals surface area contributed by atoms with E-state index in [9.17, 15) is 22.8 Å². The van der Waals surface area contributed by atoms with Crippen molar-refractivity contribution in [3.63, 3.8) is 0 Å². The van der Waals surface area contributed by atoms with E-state index in [2.05, 4.69) is 5.32 Å². The summed E-state index contributed by atoms with van der Waals surface area (Å²) in [5.74, 6) is -0.631. The van der Waals surface area contributed by atoms with Crippen LogP contribution in [0.3, 0.4) is 0 Å². The average molecular weight is 347 g/mol. The minimum atomic E-state index is -5.84. The molecule has 2 N–H and O–H groups in total. The van der Waals surface area contributed by atoms with Crippen LogP contribution in [0.2, 0.25) is 0 Å². The molecule has 0 radical (unpaired) electrons. The maximum atomic E-state index is 11.6. The lowest BCUT2D eigenvalue weighted by Gasteiger charge is -2.15. The molecule has 0 aromatic heterocycles. The van der Waals surface area contributed by atoms with Gasteiger partial charge in [-0.25, -0.2) is 0 Å². The molecule has 0 atom stereocenters. The van der Waals surface area contributed by atoms with Crippen molar-refractivity contribution in [1.82, 2.24) is 5.32 Å². The van der Waals surface area contributed by atoms with Crippen molar-refractivity contribution in [3.05, 3.63) is 47.5 Å². The van der Waals surface area contributed by atoms with Gasteiger partial charge in [-0.3, -0.25) is 19.5 Å². The monoisotopic (exact) mass is 347 g/mol. The first kappa shape index (κ1) is 16.9. The molecule has 3 rings (SSSR count). The van der Waals surface area contributed by atoms with Crippen LogP contribution in [0.25, 0.3) is 10.8 Å². The number of alkyl halides is 3. The van der Waals surface area contributed by atoms with Crippen LogP contribution >= 0.6 is 0 Å². The average Bonchev–Trinajstić information content (AvgIpc) is 2.43. The molecule has 2 amide bonds. The van der Waals surface area contributed by atoms with Gasteiger partial charge in [0.1, 0.15) is 0 Å². The molecule has 0 saturated heterocycles. The Bertz CT molecular complexity index is 857. The molecule has 0 spiro atoms. The van der Waals surface area contributed by atoms with Gasteiger partial charge >= 0.3 is 15.6 Å². The fourth-order valence-electron chi connectivity index (χ4n) is 1.96. The molecule has 6 nitrogen and oxygen atoms in total. The Balaban J connectivity index is 0.000000207. The van der Waals surface area contributed by atoms with Gasteiger partial charge in [-0.15, -0.1) is 0 Å². The summed E-state index contributed by atoms with van der Waals surface area (Å²) in [5, 5.41) is 4.00. The number of amides is 2. The lowest BCUT2D eigenvalue weighted by Crippen LogP contribution is -2.34. The third-order valence-electron chi connectivity index (χ3n) is 2.91. The van der Waals surface area contributed by atoms with Crippen LogP contribution < -0.4 is 5.32 Å². The van der Waals surface area contributed by atoms with Gasteiger partial charge in [0.25, 0.3) is 11.8 Å². The lowest BCUT2D eigenvalue weighted by molar-refractivity contribution is -0.0510. The van der Waals surface area contributed by atoms with Crippen LogP contribution in [0, 0.1) is 0 Å². The van der Waals surface area contributed by atoms with Crippen molar-refractivity contribution in [2.45, 2.75) is 5.51 Å². The second-order valence-corrected chi connectivity index (χ2v) is 5.83. The van der Waals surface area contributed by atoms with E-state index in [4.69, 9.17) is 13.0 Å². The fourth-order valence-corrected chi connectivity index (χ4v) is 1.96. The molecule has 2 aromatic carbocycles. The molecular weight excluding hydrogens is 339 g/mol. The van der Waals surface area contributed by atoms with E-state index < -0.39 is 15.6 Å². The number of imide groups is 1. The van der Waals surface area contributed by atoms with Crippen LogP contribution in [0.4, 0.5) is 13.2 Å². The molecule has 0 saturated carbocycles. The van der Waals surface area contributed by atoms with Crippen LogP contribution in [-0.2, 0) is 10.1 Å². The molecule has 0 bridgehead atoms. The third-order valence-corrected chi connectivity index (χ3v) is 3.50. The molecule has 0 unspecified atom stereocenters. The van der Waals surface area contributed by atoms with E-state index in [1.54, 1.807) is 12.1 Å². The minimum absolute atomic E-state index is 0.315. The Morgan fingerprint density at radius 1 is 0.913 bits per heavy atom. The predicted molar refractivity (Wildman–Crippen MR) is 73.3 cm³/mol. The molecule has 1 heterocycles. The van der Waals surface area contributed by atoms with Crippen molar-refractivity contribution in [3.8, 4) is 0 Å². The largest absolute Gasteiger partial charge is 0.522 e. The van der Waals surface area contributed by atoms with E-state index in [1.807, 2.05) is 24.3 Å². The highest BCUT2D eigenvalue weighted by Crippen LogP contribution is 2.25. The van der Waals surface area contributed by atoms with Gasteiger partial charge in [-0.05, 0) is 17.5 Å². The second kappa shape index (κ2) is 5.63. The molecule has 1 aliphatic rings. The van der Waals surface area contributed by atoms with Gasteiger partial charge in [0.15, 0.2) is 0 Å². The van der Waals surface area contributed by atoms with E-state index in [1.165, 1.54) is 0 Å². The van der Waals surface area contributed by atoms with Crippen LogP contribution in [-0.4, -0.2) is 30.3 Å². The van der Waals surface area contributed by atoms with E-state index in [0.717, 1.165) is 10.8 Å². The van der Waals surface area contributed by atoms with Crippen molar-refractivity contribution >= 4 is 32.7 Å². The summed E-state index contributed by atoms with van der Waals surface area (Å²) in [6.45, 7) is 0. The number of benzene rings is 2. The van der Waals surface area contributed by atoms with Gasteiger partial charge in [0, 0.05) is 16.5 Å². The summed E-state index contributed by atoms with van der Waals surface area (Å²) in [4.78, 5) is 23.1. The van der Waals surface area contributed by atoms with Gasteiger partial charge < -0.3 is 0 Å². The lowest BCUT2D eigenvalue weighted by atomic mass is 9.95. The van der Waals surface area contributed by atoms with E-state index >= 15 is 0 Å². The number of carbonyl (C=O) groups excluding carboxylic acids is 2. The van der Waals surface area contributed by atoms with E-state index in [-0.39, 0.29) is 11.8 Å². The highest BCUT2D eigenvalue weighted by molar-refractivity contribution is 7.86. The highest BCUT2D eigenvalue weighted by Gasteiger charge is 2.44. The van der Waals surface area contributed by atoms with Gasteiger partial charge in [-0.1, -0.05) is 24.3 Å².